The van der Waals surface area contributed by atoms with Crippen molar-refractivity contribution in [3.8, 4) is 11.3 Å². The Labute approximate surface area is 220 Å². The van der Waals surface area contributed by atoms with E-state index in [9.17, 15) is 8.42 Å². The Kier molecular flexibility index (Phi) is 6.84. The Bertz CT molecular complexity index is 1490. The summed E-state index contributed by atoms with van der Waals surface area (Å²) in [5, 5.41) is 7.94. The van der Waals surface area contributed by atoms with Crippen LogP contribution in [0.25, 0.3) is 16.9 Å². The molecular formula is C24H24Br2N6O2S. The van der Waals surface area contributed by atoms with E-state index in [0.29, 0.717) is 40.3 Å². The molecule has 1 fully saturated rings. The lowest BCUT2D eigenvalue weighted by atomic mass is 10.00. The molecule has 0 radical (unpaired) electrons. The molecule has 0 spiro atoms. The van der Waals surface area contributed by atoms with E-state index < -0.39 is 10.0 Å². The first-order valence-corrected chi connectivity index (χ1v) is 14.2. The van der Waals surface area contributed by atoms with Gasteiger partial charge in [-0.15, -0.1) is 0 Å². The van der Waals surface area contributed by atoms with Crippen LogP contribution in [-0.2, 0) is 10.0 Å². The van der Waals surface area contributed by atoms with Gasteiger partial charge in [-0.1, -0.05) is 30.3 Å². The fraction of sp³-hybridized carbons (Fsp3) is 0.250. The highest BCUT2D eigenvalue weighted by molar-refractivity contribution is 9.11. The highest BCUT2D eigenvalue weighted by atomic mass is 79.9. The van der Waals surface area contributed by atoms with Crippen LogP contribution in [0, 0.1) is 5.92 Å². The number of nitrogens with two attached hydrogens (primary N) is 1. The normalized spacial score (nSPS) is 17.0. The van der Waals surface area contributed by atoms with E-state index in [1.54, 1.807) is 33.2 Å². The second kappa shape index (κ2) is 9.88. The van der Waals surface area contributed by atoms with E-state index in [2.05, 4.69) is 42.3 Å². The summed E-state index contributed by atoms with van der Waals surface area (Å²) in [5.74, 6) is 0.915. The van der Waals surface area contributed by atoms with Crippen LogP contribution < -0.4 is 11.1 Å². The van der Waals surface area contributed by atoms with E-state index in [1.165, 1.54) is 0 Å². The summed E-state index contributed by atoms with van der Waals surface area (Å²) in [6.45, 7) is 1.57. The van der Waals surface area contributed by atoms with Crippen LogP contribution in [-0.4, -0.2) is 47.0 Å². The largest absolute Gasteiger partial charge is 0.398 e. The molecule has 182 valence electrons. The lowest BCUT2D eigenvalue weighted by Crippen LogP contribution is -2.42. The second-order valence-corrected chi connectivity index (χ2v) is 12.1. The average Bonchev–Trinajstić information content (AvgIpc) is 3.24. The number of nitrogens with one attached hydrogen (secondary N) is 1. The van der Waals surface area contributed by atoms with Crippen LogP contribution in [0.5, 0.6) is 0 Å². The van der Waals surface area contributed by atoms with Crippen LogP contribution in [0.1, 0.15) is 12.8 Å². The van der Waals surface area contributed by atoms with Gasteiger partial charge >= 0.3 is 0 Å². The molecule has 5 rings (SSSR count). The number of nitrogen functional groups attached to an aromatic ring is 1. The minimum atomic E-state index is -3.58. The first-order chi connectivity index (χ1) is 16.8. The summed E-state index contributed by atoms with van der Waals surface area (Å²) in [5.41, 5.74) is 9.11. The van der Waals surface area contributed by atoms with Crippen molar-refractivity contribution in [2.24, 2.45) is 5.92 Å². The van der Waals surface area contributed by atoms with E-state index in [0.717, 1.165) is 34.4 Å². The molecule has 3 N–H and O–H groups in total. The van der Waals surface area contributed by atoms with Crippen LogP contribution in [0.15, 0.2) is 74.6 Å². The molecule has 1 aliphatic rings. The quantitative estimate of drug-likeness (QED) is 0.294. The number of piperidine rings is 1. The molecule has 0 amide bonds. The minimum absolute atomic E-state index is 0.147. The van der Waals surface area contributed by atoms with Gasteiger partial charge in [-0.05, 0) is 68.8 Å². The van der Waals surface area contributed by atoms with Crippen LogP contribution in [0.3, 0.4) is 0 Å². The van der Waals surface area contributed by atoms with Gasteiger partial charge < -0.3 is 11.1 Å². The van der Waals surface area contributed by atoms with Crippen molar-refractivity contribution < 1.29 is 8.42 Å². The zero-order chi connectivity index (χ0) is 24.6. The van der Waals surface area contributed by atoms with Gasteiger partial charge in [0.15, 0.2) is 5.65 Å². The van der Waals surface area contributed by atoms with Crippen molar-refractivity contribution >= 4 is 59.0 Å². The Morgan fingerprint density at radius 1 is 1.09 bits per heavy atom. The highest BCUT2D eigenvalue weighted by Gasteiger charge is 2.31. The summed E-state index contributed by atoms with van der Waals surface area (Å²) < 4.78 is 31.2. The number of benzene rings is 2. The third-order valence-electron chi connectivity index (χ3n) is 6.17. The van der Waals surface area contributed by atoms with Crippen LogP contribution in [0.4, 0.5) is 11.5 Å². The number of halogens is 2. The Morgan fingerprint density at radius 3 is 2.66 bits per heavy atom. The SMILES string of the molecule is Nc1ccccc1-c1cc(NC[C@@H]2CCCN(S(=O)(=O)c3ccccc3Br)C2)n2ncc(Br)c2n1. The number of aromatic nitrogens is 3. The summed E-state index contributed by atoms with van der Waals surface area (Å²) in [7, 11) is -3.58. The second-order valence-electron chi connectivity index (χ2n) is 8.52. The van der Waals surface area contributed by atoms with Crippen LogP contribution >= 0.6 is 31.9 Å². The van der Waals surface area contributed by atoms with Gasteiger partial charge in [-0.2, -0.15) is 13.9 Å². The first-order valence-electron chi connectivity index (χ1n) is 11.2. The van der Waals surface area contributed by atoms with Crippen molar-refractivity contribution in [1.82, 2.24) is 18.9 Å². The van der Waals surface area contributed by atoms with Crippen molar-refractivity contribution in [2.75, 3.05) is 30.7 Å². The number of rotatable bonds is 6. The molecule has 1 saturated heterocycles. The first kappa shape index (κ1) is 24.2. The van der Waals surface area contributed by atoms with Crippen molar-refractivity contribution in [1.29, 1.82) is 0 Å². The molecule has 2 aromatic heterocycles. The number of hydrogen-bond donors (Lipinski definition) is 2. The Balaban J connectivity index is 1.39. The predicted molar refractivity (Wildman–Crippen MR) is 145 cm³/mol. The van der Waals surface area contributed by atoms with E-state index in [4.69, 9.17) is 10.7 Å². The van der Waals surface area contributed by atoms with Gasteiger partial charge in [0.1, 0.15) is 5.82 Å². The van der Waals surface area contributed by atoms with E-state index >= 15 is 0 Å². The van der Waals surface area contributed by atoms with Crippen molar-refractivity contribution in [3.63, 3.8) is 0 Å². The average molecular weight is 620 g/mol. The van der Waals surface area contributed by atoms with Crippen LogP contribution in [0.2, 0.25) is 0 Å². The molecule has 1 aliphatic heterocycles. The fourth-order valence-corrected chi connectivity index (χ4v) is 7.25. The Morgan fingerprint density at radius 2 is 1.86 bits per heavy atom. The fourth-order valence-electron chi connectivity index (χ4n) is 4.38. The number of nitrogens with zero attached hydrogens (tertiary/aromatic N) is 4. The number of hydrogen-bond acceptors (Lipinski definition) is 6. The predicted octanol–water partition coefficient (Wildman–Crippen LogP) is 5.02. The number of anilines is 2. The monoisotopic (exact) mass is 618 g/mol. The Hall–Kier alpha value is -2.47. The molecule has 2 aromatic carbocycles. The lowest BCUT2D eigenvalue weighted by Gasteiger charge is -2.32. The third kappa shape index (κ3) is 4.82. The zero-order valence-corrected chi connectivity index (χ0v) is 22.7. The van der Waals surface area contributed by atoms with Gasteiger partial charge in [-0.3, -0.25) is 0 Å². The maximum Gasteiger partial charge on any atom is 0.244 e. The zero-order valence-electron chi connectivity index (χ0n) is 18.7. The van der Waals surface area contributed by atoms with E-state index in [1.807, 2.05) is 36.4 Å². The highest BCUT2D eigenvalue weighted by Crippen LogP contribution is 2.31. The van der Waals surface area contributed by atoms with Crippen molar-refractivity contribution in [2.45, 2.75) is 17.7 Å². The number of sulfonamides is 1. The summed E-state index contributed by atoms with van der Waals surface area (Å²) in [6.07, 6.45) is 3.45. The molecule has 35 heavy (non-hydrogen) atoms. The molecule has 0 saturated carbocycles. The topological polar surface area (TPSA) is 106 Å². The standard InChI is InChI=1S/C24H24Br2N6O2S/c25-18-8-2-4-10-22(18)35(33,34)31-11-5-6-16(15-31)13-28-23-12-21(17-7-1-3-9-20(17)27)30-24-19(26)14-29-32(23)24/h1-4,7-10,12,14,16,28H,5-6,11,13,15,27H2/t16-/m0/s1. The van der Waals surface area contributed by atoms with Crippen molar-refractivity contribution in [3.05, 3.63) is 69.7 Å². The molecule has 4 aromatic rings. The molecular weight excluding hydrogens is 596 g/mol. The maximum atomic E-state index is 13.3. The molecule has 8 nitrogen and oxygen atoms in total. The molecule has 0 bridgehead atoms. The minimum Gasteiger partial charge on any atom is -0.398 e. The molecule has 3 heterocycles. The maximum absolute atomic E-state index is 13.3. The lowest BCUT2D eigenvalue weighted by molar-refractivity contribution is 0.275. The smallest absolute Gasteiger partial charge is 0.244 e. The molecule has 0 unspecified atom stereocenters. The molecule has 0 aliphatic carbocycles. The van der Waals surface area contributed by atoms with Gasteiger partial charge in [-0.25, -0.2) is 13.4 Å². The van der Waals surface area contributed by atoms with Gasteiger partial charge in [0.25, 0.3) is 0 Å². The van der Waals surface area contributed by atoms with Gasteiger partial charge in [0, 0.05) is 41.4 Å². The summed E-state index contributed by atoms with van der Waals surface area (Å²) in [4.78, 5) is 5.05. The van der Waals surface area contributed by atoms with Gasteiger partial charge in [0.2, 0.25) is 10.0 Å². The number of fused-ring (bicyclic) bond motifs is 1. The number of para-hydroxylation sites is 1. The molecule has 11 heteroatoms. The van der Waals surface area contributed by atoms with E-state index in [-0.39, 0.29) is 5.92 Å². The third-order valence-corrected chi connectivity index (χ3v) is 9.61. The summed E-state index contributed by atoms with van der Waals surface area (Å²) >= 11 is 6.91. The van der Waals surface area contributed by atoms with Gasteiger partial charge in [0.05, 0.1) is 21.3 Å². The summed E-state index contributed by atoms with van der Waals surface area (Å²) in [6, 6.07) is 16.5. The molecule has 1 atom stereocenters.